The van der Waals surface area contributed by atoms with Gasteiger partial charge < -0.3 is 21.0 Å². The molecule has 4 N–H and O–H groups in total. The predicted molar refractivity (Wildman–Crippen MR) is 69.9 cm³/mol. The van der Waals surface area contributed by atoms with Crippen molar-refractivity contribution in [3.63, 3.8) is 0 Å². The fraction of sp³-hybridized carbons (Fsp3) is 0.833. The van der Waals surface area contributed by atoms with Crippen molar-refractivity contribution >= 4 is 11.7 Å². The summed E-state index contributed by atoms with van der Waals surface area (Å²) in [6, 6.07) is 0.0366. The summed E-state index contributed by atoms with van der Waals surface area (Å²) in [5, 5.41) is 14.6. The van der Waals surface area contributed by atoms with E-state index in [4.69, 9.17) is 15.7 Å². The second-order valence-corrected chi connectivity index (χ2v) is 5.35. The average molecular weight is 270 g/mol. The topological polar surface area (TPSA) is 100 Å². The molecule has 2 rings (SSSR count). The number of oxime groups is 1. The van der Waals surface area contributed by atoms with Crippen LogP contribution in [0.1, 0.15) is 19.8 Å². The molecule has 1 saturated carbocycles. The van der Waals surface area contributed by atoms with Gasteiger partial charge in [-0.3, -0.25) is 9.69 Å². The summed E-state index contributed by atoms with van der Waals surface area (Å²) in [6.45, 7) is 6.04. The van der Waals surface area contributed by atoms with Crippen molar-refractivity contribution in [2.75, 3.05) is 32.8 Å². The molecule has 0 aromatic heterocycles. The molecule has 1 saturated heterocycles. The van der Waals surface area contributed by atoms with Crippen molar-refractivity contribution in [3.05, 3.63) is 0 Å². The van der Waals surface area contributed by atoms with E-state index in [2.05, 4.69) is 15.4 Å². The van der Waals surface area contributed by atoms with E-state index >= 15 is 0 Å². The molecule has 1 amide bonds. The zero-order chi connectivity index (χ0) is 13.9. The highest BCUT2D eigenvalue weighted by molar-refractivity contribution is 6.09. The molecule has 2 fully saturated rings. The molecule has 1 unspecified atom stereocenters. The summed E-state index contributed by atoms with van der Waals surface area (Å²) in [5.41, 5.74) is 4.82. The Labute approximate surface area is 112 Å². The molecule has 1 aliphatic heterocycles. The standard InChI is InChI=1S/C12H22N4O3/c1-9(8-16-4-6-19-7-5-16)14-11(17)12(2-3-12)10(13)15-18/h9,18H,2-8H2,1H3,(H2,13,15)(H,14,17). The number of ether oxygens (including phenoxy) is 1. The van der Waals surface area contributed by atoms with Crippen LogP contribution >= 0.6 is 0 Å². The Morgan fingerprint density at radius 1 is 1.53 bits per heavy atom. The van der Waals surface area contributed by atoms with Gasteiger partial charge in [0, 0.05) is 25.7 Å². The van der Waals surface area contributed by atoms with Crippen LogP contribution in [-0.4, -0.2) is 60.7 Å². The molecule has 1 atom stereocenters. The molecule has 7 heteroatoms. The minimum atomic E-state index is -0.770. The van der Waals surface area contributed by atoms with Gasteiger partial charge in [0.25, 0.3) is 0 Å². The van der Waals surface area contributed by atoms with Gasteiger partial charge >= 0.3 is 0 Å². The molecule has 0 spiro atoms. The molecular formula is C12H22N4O3. The maximum Gasteiger partial charge on any atom is 0.234 e. The lowest BCUT2D eigenvalue weighted by molar-refractivity contribution is -0.124. The molecule has 108 valence electrons. The Morgan fingerprint density at radius 3 is 2.68 bits per heavy atom. The average Bonchev–Trinajstić information content (AvgIpc) is 3.20. The Bertz CT molecular complexity index is 362. The first-order valence-electron chi connectivity index (χ1n) is 6.67. The number of amides is 1. The molecule has 0 bridgehead atoms. The number of hydrogen-bond acceptors (Lipinski definition) is 5. The molecule has 2 aliphatic rings. The van der Waals surface area contributed by atoms with Crippen molar-refractivity contribution in [2.45, 2.75) is 25.8 Å². The maximum atomic E-state index is 12.2. The maximum absolute atomic E-state index is 12.2. The predicted octanol–water partition coefficient (Wildman–Crippen LogP) is -0.650. The van der Waals surface area contributed by atoms with Gasteiger partial charge in [-0.15, -0.1) is 0 Å². The van der Waals surface area contributed by atoms with Gasteiger partial charge in [0.05, 0.1) is 13.2 Å². The number of nitrogens with zero attached hydrogens (tertiary/aromatic N) is 2. The van der Waals surface area contributed by atoms with E-state index in [0.29, 0.717) is 12.8 Å². The lowest BCUT2D eigenvalue weighted by Gasteiger charge is -2.30. The highest BCUT2D eigenvalue weighted by atomic mass is 16.5. The number of carbonyl (C=O) groups is 1. The highest BCUT2D eigenvalue weighted by Crippen LogP contribution is 2.46. The molecule has 0 aromatic carbocycles. The van der Waals surface area contributed by atoms with E-state index in [0.717, 1.165) is 32.8 Å². The first-order chi connectivity index (χ1) is 9.08. The number of carbonyl (C=O) groups excluding carboxylic acids is 1. The first-order valence-corrected chi connectivity index (χ1v) is 6.67. The molecule has 1 heterocycles. The van der Waals surface area contributed by atoms with Crippen molar-refractivity contribution in [3.8, 4) is 0 Å². The largest absolute Gasteiger partial charge is 0.409 e. The Balaban J connectivity index is 1.82. The monoisotopic (exact) mass is 270 g/mol. The van der Waals surface area contributed by atoms with Crippen LogP contribution in [0.25, 0.3) is 0 Å². The van der Waals surface area contributed by atoms with Gasteiger partial charge in [0.15, 0.2) is 5.84 Å². The van der Waals surface area contributed by atoms with E-state index in [1.807, 2.05) is 6.92 Å². The fourth-order valence-electron chi connectivity index (χ4n) is 2.40. The minimum absolute atomic E-state index is 0.0172. The van der Waals surface area contributed by atoms with Crippen LogP contribution in [0, 0.1) is 5.41 Å². The van der Waals surface area contributed by atoms with E-state index in [9.17, 15) is 4.79 Å². The van der Waals surface area contributed by atoms with Crippen molar-refractivity contribution < 1.29 is 14.7 Å². The van der Waals surface area contributed by atoms with Gasteiger partial charge in [0.1, 0.15) is 5.41 Å². The number of hydrogen-bond donors (Lipinski definition) is 3. The van der Waals surface area contributed by atoms with Crippen LogP contribution in [0.4, 0.5) is 0 Å². The number of amidine groups is 1. The summed E-state index contributed by atoms with van der Waals surface area (Å²) < 4.78 is 5.28. The van der Waals surface area contributed by atoms with Crippen LogP contribution in [0.15, 0.2) is 5.16 Å². The van der Waals surface area contributed by atoms with Gasteiger partial charge in [-0.1, -0.05) is 5.16 Å². The summed E-state index contributed by atoms with van der Waals surface area (Å²) in [5.74, 6) is -0.118. The number of rotatable bonds is 5. The van der Waals surface area contributed by atoms with Crippen molar-refractivity contribution in [1.29, 1.82) is 0 Å². The number of morpholine rings is 1. The molecule has 19 heavy (non-hydrogen) atoms. The third-order valence-corrected chi connectivity index (χ3v) is 3.80. The summed E-state index contributed by atoms with van der Waals surface area (Å²) in [4.78, 5) is 14.4. The van der Waals surface area contributed by atoms with Crippen molar-refractivity contribution in [2.24, 2.45) is 16.3 Å². The smallest absolute Gasteiger partial charge is 0.234 e. The second kappa shape index (κ2) is 5.75. The van der Waals surface area contributed by atoms with Crippen LogP contribution in [0.5, 0.6) is 0 Å². The lowest BCUT2D eigenvalue weighted by Crippen LogP contribution is -2.49. The third kappa shape index (κ3) is 3.16. The van der Waals surface area contributed by atoms with Gasteiger partial charge in [-0.25, -0.2) is 0 Å². The molecular weight excluding hydrogens is 248 g/mol. The van der Waals surface area contributed by atoms with E-state index in [-0.39, 0.29) is 17.8 Å². The first kappa shape index (κ1) is 14.1. The lowest BCUT2D eigenvalue weighted by atomic mass is 10.0. The quantitative estimate of drug-likeness (QED) is 0.267. The van der Waals surface area contributed by atoms with Crippen LogP contribution in [0.3, 0.4) is 0 Å². The number of nitrogens with one attached hydrogen (secondary N) is 1. The fourth-order valence-corrected chi connectivity index (χ4v) is 2.40. The van der Waals surface area contributed by atoms with Gasteiger partial charge in [-0.2, -0.15) is 0 Å². The summed E-state index contributed by atoms with van der Waals surface area (Å²) >= 11 is 0. The Hall–Kier alpha value is -1.34. The number of nitrogens with two attached hydrogens (primary N) is 1. The third-order valence-electron chi connectivity index (χ3n) is 3.80. The Morgan fingerprint density at radius 2 is 2.16 bits per heavy atom. The summed E-state index contributed by atoms with van der Waals surface area (Å²) in [7, 11) is 0. The summed E-state index contributed by atoms with van der Waals surface area (Å²) in [6.07, 6.45) is 1.30. The SMILES string of the molecule is CC(CN1CCOCC1)NC(=O)C1(C(N)=NO)CC1. The van der Waals surface area contributed by atoms with Gasteiger partial charge in [-0.05, 0) is 19.8 Å². The zero-order valence-electron chi connectivity index (χ0n) is 11.3. The molecule has 0 radical (unpaired) electrons. The van der Waals surface area contributed by atoms with E-state index in [1.54, 1.807) is 0 Å². The van der Waals surface area contributed by atoms with Crippen LogP contribution in [-0.2, 0) is 9.53 Å². The van der Waals surface area contributed by atoms with Crippen LogP contribution < -0.4 is 11.1 Å². The van der Waals surface area contributed by atoms with E-state index < -0.39 is 5.41 Å². The van der Waals surface area contributed by atoms with E-state index in [1.165, 1.54) is 0 Å². The highest BCUT2D eigenvalue weighted by Gasteiger charge is 2.54. The van der Waals surface area contributed by atoms with Crippen LogP contribution in [0.2, 0.25) is 0 Å². The van der Waals surface area contributed by atoms with Crippen molar-refractivity contribution in [1.82, 2.24) is 10.2 Å². The molecule has 0 aromatic rings. The minimum Gasteiger partial charge on any atom is -0.409 e. The second-order valence-electron chi connectivity index (χ2n) is 5.35. The zero-order valence-corrected chi connectivity index (χ0v) is 11.3. The molecule has 7 nitrogen and oxygen atoms in total. The molecule has 1 aliphatic carbocycles. The Kier molecular flexibility index (Phi) is 4.26. The normalized spacial score (nSPS) is 24.8. The van der Waals surface area contributed by atoms with Gasteiger partial charge in [0.2, 0.25) is 5.91 Å².